The minimum atomic E-state index is -0.647. The van der Waals surface area contributed by atoms with Gasteiger partial charge in [0.25, 0.3) is 0 Å². The van der Waals surface area contributed by atoms with Crippen molar-refractivity contribution in [1.29, 1.82) is 0 Å². The summed E-state index contributed by atoms with van der Waals surface area (Å²) in [7, 11) is 0. The molecule has 0 amide bonds. The van der Waals surface area contributed by atoms with Crippen molar-refractivity contribution in [2.75, 3.05) is 72.3 Å². The van der Waals surface area contributed by atoms with Crippen molar-refractivity contribution in [3.63, 3.8) is 0 Å². The average molecular weight is 503 g/mol. The van der Waals surface area contributed by atoms with E-state index in [1.54, 1.807) is 11.8 Å². The fourth-order valence-corrected chi connectivity index (χ4v) is 4.04. The minimum Gasteiger partial charge on any atom is -0.488 e. The maximum atomic E-state index is 10.8. The molecule has 196 valence electrons. The molecule has 4 unspecified atom stereocenters. The van der Waals surface area contributed by atoms with E-state index >= 15 is 0 Å². The second-order valence-electron chi connectivity index (χ2n) is 7.81. The maximum absolute atomic E-state index is 10.8. The van der Waals surface area contributed by atoms with Gasteiger partial charge in [-0.05, 0) is 44.4 Å². The summed E-state index contributed by atoms with van der Waals surface area (Å²) < 4.78 is 39.9. The largest absolute Gasteiger partial charge is 0.488 e. The molecular formula is C25H42O8S. The molecule has 1 fully saturated rings. The minimum absolute atomic E-state index is 0.210. The molecule has 1 aliphatic rings. The molecule has 0 radical (unpaired) electrons. The highest BCUT2D eigenvalue weighted by atomic mass is 32.2. The first-order chi connectivity index (χ1) is 16.7. The Labute approximate surface area is 208 Å². The highest BCUT2D eigenvalue weighted by Gasteiger charge is 2.39. The molecule has 1 aliphatic carbocycles. The molecule has 0 heterocycles. The van der Waals surface area contributed by atoms with Gasteiger partial charge in [-0.15, -0.1) is 11.8 Å². The van der Waals surface area contributed by atoms with Gasteiger partial charge in [0.15, 0.2) is 0 Å². The summed E-state index contributed by atoms with van der Waals surface area (Å²) in [5, 5.41) is 10.8. The maximum Gasteiger partial charge on any atom is 0.127 e. The van der Waals surface area contributed by atoms with E-state index in [-0.39, 0.29) is 18.3 Å². The number of thioether (sulfide) groups is 1. The lowest BCUT2D eigenvalue weighted by Crippen LogP contribution is -2.50. The van der Waals surface area contributed by atoms with Gasteiger partial charge in [-0.1, -0.05) is 0 Å². The first-order valence-electron chi connectivity index (χ1n) is 12.2. The second kappa shape index (κ2) is 18.4. The highest BCUT2D eigenvalue weighted by Crippen LogP contribution is 2.29. The van der Waals surface area contributed by atoms with E-state index in [1.165, 1.54) is 4.90 Å². The molecule has 0 spiro atoms. The summed E-state index contributed by atoms with van der Waals surface area (Å²) in [6.07, 6.45) is 1.53. The second-order valence-corrected chi connectivity index (χ2v) is 8.69. The molecule has 0 bridgehead atoms. The van der Waals surface area contributed by atoms with Crippen LogP contribution < -0.4 is 4.74 Å². The molecule has 1 saturated carbocycles. The van der Waals surface area contributed by atoms with Crippen LogP contribution in [0, 0.1) is 0 Å². The van der Waals surface area contributed by atoms with E-state index in [4.69, 9.17) is 33.2 Å². The van der Waals surface area contributed by atoms with Crippen LogP contribution in [0.1, 0.15) is 26.7 Å². The predicted molar refractivity (Wildman–Crippen MR) is 132 cm³/mol. The molecule has 8 nitrogen and oxygen atoms in total. The van der Waals surface area contributed by atoms with Crippen molar-refractivity contribution in [2.24, 2.45) is 0 Å². The first-order valence-corrected chi connectivity index (χ1v) is 13.4. The molecule has 0 aromatic heterocycles. The monoisotopic (exact) mass is 502 g/mol. The lowest BCUT2D eigenvalue weighted by Gasteiger charge is -2.38. The van der Waals surface area contributed by atoms with Crippen LogP contribution >= 0.6 is 11.8 Å². The Hall–Kier alpha value is -0.910. The molecular weight excluding hydrogens is 460 g/mol. The van der Waals surface area contributed by atoms with E-state index in [9.17, 15) is 5.11 Å². The summed E-state index contributed by atoms with van der Waals surface area (Å²) in [4.78, 5) is 1.17. The Kier molecular flexibility index (Phi) is 15.8. The van der Waals surface area contributed by atoms with Crippen molar-refractivity contribution in [3.8, 4) is 5.75 Å². The highest BCUT2D eigenvalue weighted by molar-refractivity contribution is 7.98. The third-order valence-electron chi connectivity index (χ3n) is 5.40. The van der Waals surface area contributed by atoms with E-state index in [1.807, 2.05) is 44.4 Å². The van der Waals surface area contributed by atoms with Gasteiger partial charge in [0.05, 0.1) is 71.2 Å². The molecule has 1 N–H and O–H groups in total. The Balaban J connectivity index is 1.83. The van der Waals surface area contributed by atoms with Crippen LogP contribution in [-0.4, -0.2) is 102 Å². The fourth-order valence-electron chi connectivity index (χ4n) is 3.63. The van der Waals surface area contributed by atoms with Crippen molar-refractivity contribution >= 4 is 11.8 Å². The van der Waals surface area contributed by atoms with Gasteiger partial charge in [0.2, 0.25) is 0 Å². The van der Waals surface area contributed by atoms with Crippen LogP contribution in [0.4, 0.5) is 0 Å². The first kappa shape index (κ1) is 29.3. The van der Waals surface area contributed by atoms with E-state index in [2.05, 4.69) is 0 Å². The van der Waals surface area contributed by atoms with Gasteiger partial charge in [-0.25, -0.2) is 0 Å². The molecule has 9 heteroatoms. The summed E-state index contributed by atoms with van der Waals surface area (Å²) in [5.41, 5.74) is 0. The SMILES string of the molecule is CCOCCOCCOC1CC(O)C(Oc2ccc(SC)cc2)CC1OCCOCCOCC. The van der Waals surface area contributed by atoms with Crippen LogP contribution in [0.15, 0.2) is 29.2 Å². The van der Waals surface area contributed by atoms with Gasteiger partial charge < -0.3 is 38.3 Å². The standard InChI is InChI=1S/C25H42O8S/c1-4-27-10-12-29-14-16-31-24-18-22(26)23(33-20-6-8-21(34-3)9-7-20)19-25(24)32-17-15-30-13-11-28-5-2/h6-9,22-26H,4-5,10-19H2,1-3H3. The lowest BCUT2D eigenvalue weighted by molar-refractivity contribution is -0.153. The Morgan fingerprint density at radius 3 is 1.74 bits per heavy atom. The zero-order chi connectivity index (χ0) is 24.4. The van der Waals surface area contributed by atoms with E-state index in [0.717, 1.165) is 5.75 Å². The van der Waals surface area contributed by atoms with E-state index in [0.29, 0.717) is 78.9 Å². The van der Waals surface area contributed by atoms with Crippen molar-refractivity contribution in [2.45, 2.75) is 56.0 Å². The Bertz CT molecular complexity index is 617. The molecule has 34 heavy (non-hydrogen) atoms. The van der Waals surface area contributed by atoms with Crippen LogP contribution in [0.25, 0.3) is 0 Å². The van der Waals surface area contributed by atoms with Gasteiger partial charge in [-0.2, -0.15) is 0 Å². The molecule has 0 aliphatic heterocycles. The topological polar surface area (TPSA) is 84.8 Å². The molecule has 0 saturated heterocycles. The zero-order valence-electron chi connectivity index (χ0n) is 20.8. The normalized spacial score (nSPS) is 22.7. The number of hydrogen-bond donors (Lipinski definition) is 1. The summed E-state index contributed by atoms with van der Waals surface area (Å²) in [5.74, 6) is 0.738. The third kappa shape index (κ3) is 11.7. The predicted octanol–water partition coefficient (Wildman–Crippen LogP) is 3.19. The number of aliphatic hydroxyl groups is 1. The molecule has 2 rings (SSSR count). The molecule has 1 aromatic carbocycles. The molecule has 1 aromatic rings. The van der Waals surface area contributed by atoms with Crippen LogP contribution in [-0.2, 0) is 28.4 Å². The number of ether oxygens (including phenoxy) is 7. The van der Waals surface area contributed by atoms with Gasteiger partial charge in [0, 0.05) is 31.0 Å². The number of benzene rings is 1. The van der Waals surface area contributed by atoms with Gasteiger partial charge in [-0.3, -0.25) is 0 Å². The number of aliphatic hydroxyl groups excluding tert-OH is 1. The Morgan fingerprint density at radius 2 is 1.21 bits per heavy atom. The smallest absolute Gasteiger partial charge is 0.127 e. The number of rotatable bonds is 19. The van der Waals surface area contributed by atoms with Gasteiger partial charge in [0.1, 0.15) is 11.9 Å². The summed E-state index contributed by atoms with van der Waals surface area (Å²) in [6, 6.07) is 7.89. The fraction of sp³-hybridized carbons (Fsp3) is 0.760. The third-order valence-corrected chi connectivity index (χ3v) is 6.14. The lowest BCUT2D eigenvalue weighted by atomic mass is 9.89. The Morgan fingerprint density at radius 1 is 0.706 bits per heavy atom. The van der Waals surface area contributed by atoms with Crippen molar-refractivity contribution < 1.29 is 38.3 Å². The quantitative estimate of drug-likeness (QED) is 0.226. The molecule has 4 atom stereocenters. The van der Waals surface area contributed by atoms with Crippen LogP contribution in [0.3, 0.4) is 0 Å². The van der Waals surface area contributed by atoms with Crippen LogP contribution in [0.2, 0.25) is 0 Å². The average Bonchev–Trinajstić information content (AvgIpc) is 2.85. The van der Waals surface area contributed by atoms with Crippen LogP contribution in [0.5, 0.6) is 5.75 Å². The van der Waals surface area contributed by atoms with Gasteiger partial charge >= 0.3 is 0 Å². The zero-order valence-corrected chi connectivity index (χ0v) is 21.6. The summed E-state index contributed by atoms with van der Waals surface area (Å²) >= 11 is 1.68. The van der Waals surface area contributed by atoms with E-state index < -0.39 is 6.10 Å². The number of hydrogen-bond acceptors (Lipinski definition) is 9. The van der Waals surface area contributed by atoms with Crippen molar-refractivity contribution in [1.82, 2.24) is 0 Å². The van der Waals surface area contributed by atoms with Crippen molar-refractivity contribution in [3.05, 3.63) is 24.3 Å². The summed E-state index contributed by atoms with van der Waals surface area (Å²) in [6.45, 7) is 9.30.